The molecule has 0 amide bonds. The summed E-state index contributed by atoms with van der Waals surface area (Å²) in [4.78, 5) is 10.8. The van der Waals surface area contributed by atoms with Gasteiger partial charge in [0.05, 0.1) is 6.10 Å². The van der Waals surface area contributed by atoms with Gasteiger partial charge in [-0.2, -0.15) is 0 Å². The first-order chi connectivity index (χ1) is 9.08. The Morgan fingerprint density at radius 2 is 2.26 bits per heavy atom. The number of carbonyl (C=O) groups is 1. The van der Waals surface area contributed by atoms with Crippen LogP contribution in [0.25, 0.3) is 0 Å². The topological polar surface area (TPSA) is 69.6 Å². The Kier molecular flexibility index (Phi) is 4.85. The van der Waals surface area contributed by atoms with Gasteiger partial charge in [0.15, 0.2) is 5.12 Å². The van der Waals surface area contributed by atoms with Crippen molar-refractivity contribution in [3.63, 3.8) is 0 Å². The molecule has 0 radical (unpaired) electrons. The highest BCUT2D eigenvalue weighted by atomic mass is 32.2. The van der Waals surface area contributed by atoms with E-state index in [1.54, 1.807) is 0 Å². The van der Waals surface area contributed by atoms with Crippen LogP contribution in [0.1, 0.15) is 30.6 Å². The van der Waals surface area contributed by atoms with Gasteiger partial charge in [-0.25, -0.2) is 0 Å². The standard InChI is InChI=1S/C14H19NO3S/c1-9(16)19-7-5-13(17)14(18)11-2-3-12-10(8-11)4-6-15-12/h2-3,8,13-15,17-18H,4-7H2,1H3. The third-order valence-electron chi connectivity index (χ3n) is 3.26. The molecule has 3 N–H and O–H groups in total. The molecule has 0 fully saturated rings. The van der Waals surface area contributed by atoms with Crippen LogP contribution in [0.2, 0.25) is 0 Å². The molecule has 0 bridgehead atoms. The van der Waals surface area contributed by atoms with E-state index >= 15 is 0 Å². The Hall–Kier alpha value is -1.04. The second-order valence-electron chi connectivity index (χ2n) is 4.73. The van der Waals surface area contributed by atoms with Crippen molar-refractivity contribution >= 4 is 22.6 Å². The molecular weight excluding hydrogens is 262 g/mol. The van der Waals surface area contributed by atoms with E-state index in [-0.39, 0.29) is 5.12 Å². The number of carbonyl (C=O) groups excluding carboxylic acids is 1. The van der Waals surface area contributed by atoms with Gasteiger partial charge in [-0.05, 0) is 30.0 Å². The van der Waals surface area contributed by atoms with Crippen molar-refractivity contribution in [2.24, 2.45) is 0 Å². The lowest BCUT2D eigenvalue weighted by Gasteiger charge is -2.18. The summed E-state index contributed by atoms with van der Waals surface area (Å²) in [6.07, 6.45) is -0.370. The second-order valence-corrected chi connectivity index (χ2v) is 6.01. The summed E-state index contributed by atoms with van der Waals surface area (Å²) < 4.78 is 0. The third-order valence-corrected chi connectivity index (χ3v) is 4.11. The molecule has 0 saturated heterocycles. The summed E-state index contributed by atoms with van der Waals surface area (Å²) in [6, 6.07) is 5.72. The molecule has 5 heteroatoms. The fraction of sp³-hybridized carbons (Fsp3) is 0.500. The molecule has 1 aromatic rings. The zero-order valence-electron chi connectivity index (χ0n) is 10.9. The van der Waals surface area contributed by atoms with Gasteiger partial charge < -0.3 is 15.5 Å². The fourth-order valence-corrected chi connectivity index (χ4v) is 2.86. The molecule has 1 aliphatic heterocycles. The average molecular weight is 281 g/mol. The number of aliphatic hydroxyl groups excluding tert-OH is 2. The predicted molar refractivity (Wildman–Crippen MR) is 77.4 cm³/mol. The first-order valence-corrected chi connectivity index (χ1v) is 7.42. The lowest BCUT2D eigenvalue weighted by molar-refractivity contribution is -0.109. The number of benzene rings is 1. The van der Waals surface area contributed by atoms with Crippen molar-refractivity contribution in [3.8, 4) is 0 Å². The Morgan fingerprint density at radius 3 is 3.00 bits per heavy atom. The monoisotopic (exact) mass is 281 g/mol. The average Bonchev–Trinajstić information content (AvgIpc) is 2.84. The summed E-state index contributed by atoms with van der Waals surface area (Å²) in [5.41, 5.74) is 3.03. The van der Waals surface area contributed by atoms with Crippen LogP contribution >= 0.6 is 11.8 Å². The van der Waals surface area contributed by atoms with Crippen LogP contribution in [0.15, 0.2) is 18.2 Å². The Bertz CT molecular complexity index is 464. The maximum Gasteiger partial charge on any atom is 0.185 e. The minimum absolute atomic E-state index is 0.0327. The number of hydrogen-bond donors (Lipinski definition) is 3. The van der Waals surface area contributed by atoms with Gasteiger partial charge in [0, 0.05) is 24.9 Å². The molecular formula is C14H19NO3S. The highest BCUT2D eigenvalue weighted by Crippen LogP contribution is 2.28. The molecule has 0 aromatic heterocycles. The molecule has 2 rings (SSSR count). The lowest BCUT2D eigenvalue weighted by atomic mass is 9.99. The largest absolute Gasteiger partial charge is 0.390 e. The second kappa shape index (κ2) is 6.41. The summed E-state index contributed by atoms with van der Waals surface area (Å²) >= 11 is 1.17. The van der Waals surface area contributed by atoms with Crippen LogP contribution in [0.4, 0.5) is 5.69 Å². The molecule has 2 atom stereocenters. The van der Waals surface area contributed by atoms with Gasteiger partial charge in [0.2, 0.25) is 0 Å². The highest BCUT2D eigenvalue weighted by Gasteiger charge is 2.20. The van der Waals surface area contributed by atoms with Crippen molar-refractivity contribution < 1.29 is 15.0 Å². The first kappa shape index (κ1) is 14.4. The van der Waals surface area contributed by atoms with Crippen LogP contribution in [-0.4, -0.2) is 33.7 Å². The number of anilines is 1. The summed E-state index contributed by atoms with van der Waals surface area (Å²) in [5.74, 6) is 0.528. The number of fused-ring (bicyclic) bond motifs is 1. The van der Waals surface area contributed by atoms with E-state index in [0.29, 0.717) is 12.2 Å². The van der Waals surface area contributed by atoms with E-state index < -0.39 is 12.2 Å². The van der Waals surface area contributed by atoms with Gasteiger partial charge >= 0.3 is 0 Å². The number of thioether (sulfide) groups is 1. The van der Waals surface area contributed by atoms with Gasteiger partial charge in [0.25, 0.3) is 0 Å². The van der Waals surface area contributed by atoms with Crippen molar-refractivity contribution in [2.45, 2.75) is 32.0 Å². The zero-order valence-corrected chi connectivity index (χ0v) is 11.7. The molecule has 19 heavy (non-hydrogen) atoms. The van der Waals surface area contributed by atoms with Crippen LogP contribution in [0.3, 0.4) is 0 Å². The Labute approximate surface area is 117 Å². The highest BCUT2D eigenvalue weighted by molar-refractivity contribution is 8.13. The SMILES string of the molecule is CC(=O)SCCC(O)C(O)c1ccc2c(c1)CCN2. The van der Waals surface area contributed by atoms with Crippen molar-refractivity contribution in [1.82, 2.24) is 0 Å². The van der Waals surface area contributed by atoms with E-state index in [0.717, 1.165) is 24.2 Å². The predicted octanol–water partition coefficient (Wildman–Crippen LogP) is 1.72. The lowest BCUT2D eigenvalue weighted by Crippen LogP contribution is -2.19. The molecule has 0 saturated carbocycles. The van der Waals surface area contributed by atoms with Crippen molar-refractivity contribution in [3.05, 3.63) is 29.3 Å². The number of nitrogens with one attached hydrogen (secondary N) is 1. The Balaban J connectivity index is 1.94. The zero-order chi connectivity index (χ0) is 13.8. The molecule has 0 spiro atoms. The van der Waals surface area contributed by atoms with Gasteiger partial charge in [-0.3, -0.25) is 4.79 Å². The van der Waals surface area contributed by atoms with E-state index in [9.17, 15) is 15.0 Å². The van der Waals surface area contributed by atoms with Gasteiger partial charge in [-0.1, -0.05) is 23.9 Å². The van der Waals surface area contributed by atoms with E-state index in [1.165, 1.54) is 24.2 Å². The number of rotatable bonds is 5. The molecule has 1 heterocycles. The smallest absolute Gasteiger partial charge is 0.185 e. The molecule has 2 unspecified atom stereocenters. The summed E-state index contributed by atoms with van der Waals surface area (Å²) in [6.45, 7) is 2.42. The van der Waals surface area contributed by atoms with Crippen LogP contribution in [-0.2, 0) is 11.2 Å². The van der Waals surface area contributed by atoms with Gasteiger partial charge in [-0.15, -0.1) is 0 Å². The molecule has 4 nitrogen and oxygen atoms in total. The van der Waals surface area contributed by atoms with Crippen molar-refractivity contribution in [1.29, 1.82) is 0 Å². The first-order valence-electron chi connectivity index (χ1n) is 6.44. The summed E-state index contributed by atoms with van der Waals surface area (Å²) in [5, 5.41) is 23.4. The quantitative estimate of drug-likeness (QED) is 0.766. The number of hydrogen-bond acceptors (Lipinski definition) is 5. The van der Waals surface area contributed by atoms with E-state index in [2.05, 4.69) is 5.32 Å². The van der Waals surface area contributed by atoms with Crippen LogP contribution in [0.5, 0.6) is 0 Å². The van der Waals surface area contributed by atoms with E-state index in [4.69, 9.17) is 0 Å². The third kappa shape index (κ3) is 3.72. The molecule has 0 aliphatic carbocycles. The summed E-state index contributed by atoms with van der Waals surface area (Å²) in [7, 11) is 0. The van der Waals surface area contributed by atoms with Crippen LogP contribution < -0.4 is 5.32 Å². The van der Waals surface area contributed by atoms with Crippen molar-refractivity contribution in [2.75, 3.05) is 17.6 Å². The van der Waals surface area contributed by atoms with E-state index in [1.807, 2.05) is 18.2 Å². The maximum absolute atomic E-state index is 10.8. The molecule has 1 aliphatic rings. The maximum atomic E-state index is 10.8. The fourth-order valence-electron chi connectivity index (χ4n) is 2.21. The molecule has 104 valence electrons. The van der Waals surface area contributed by atoms with Crippen LogP contribution in [0, 0.1) is 0 Å². The normalized spacial score (nSPS) is 16.6. The minimum atomic E-state index is -0.890. The number of aliphatic hydroxyl groups is 2. The minimum Gasteiger partial charge on any atom is -0.390 e. The Morgan fingerprint density at radius 1 is 1.47 bits per heavy atom. The van der Waals surface area contributed by atoms with Gasteiger partial charge in [0.1, 0.15) is 6.10 Å². The molecule has 1 aromatic carbocycles.